The Labute approximate surface area is 121 Å². The van der Waals surface area contributed by atoms with Crippen molar-refractivity contribution in [2.24, 2.45) is 5.92 Å². The van der Waals surface area contributed by atoms with Crippen LogP contribution in [0.4, 0.5) is 4.39 Å². The molecule has 104 valence electrons. The Balaban J connectivity index is 1.75. The summed E-state index contributed by atoms with van der Waals surface area (Å²) in [7, 11) is 0. The minimum atomic E-state index is -0.782. The maximum Gasteiger partial charge on any atom is 0.125 e. The van der Waals surface area contributed by atoms with Crippen LogP contribution in [-0.4, -0.2) is 25.9 Å². The van der Waals surface area contributed by atoms with E-state index in [1.54, 1.807) is 0 Å². The van der Waals surface area contributed by atoms with Gasteiger partial charge in [0.1, 0.15) is 11.9 Å². The van der Waals surface area contributed by atoms with Crippen LogP contribution in [0.15, 0.2) is 16.6 Å². The molecule has 1 fully saturated rings. The van der Waals surface area contributed by atoms with Crippen molar-refractivity contribution in [3.63, 3.8) is 0 Å². The van der Waals surface area contributed by atoms with Gasteiger partial charge in [-0.05, 0) is 42.6 Å². The number of piperidine rings is 1. The molecule has 1 saturated heterocycles. The second-order valence-corrected chi connectivity index (χ2v) is 6.39. The Morgan fingerprint density at radius 3 is 3.16 bits per heavy atom. The molecule has 19 heavy (non-hydrogen) atoms. The maximum atomic E-state index is 14.5. The van der Waals surface area contributed by atoms with E-state index in [-0.39, 0.29) is 5.92 Å². The molecular formula is C15H19BrFNO. The van der Waals surface area contributed by atoms with E-state index in [4.69, 9.17) is 4.74 Å². The number of hydrogen-bond donors (Lipinski definition) is 1. The molecule has 2 aliphatic heterocycles. The third-order valence-corrected chi connectivity index (χ3v) is 4.54. The Hall–Kier alpha value is -0.610. The van der Waals surface area contributed by atoms with Gasteiger partial charge in [-0.2, -0.15) is 0 Å². The average Bonchev–Trinajstić information content (AvgIpc) is 2.88. The molecule has 2 heterocycles. The van der Waals surface area contributed by atoms with E-state index in [1.165, 1.54) is 5.56 Å². The SMILES string of the molecule is FC(Cc1cc(Br)cc2c1OCC2)C1CCCNC1. The summed E-state index contributed by atoms with van der Waals surface area (Å²) < 4.78 is 21.2. The predicted molar refractivity (Wildman–Crippen MR) is 77.5 cm³/mol. The first-order valence-electron chi connectivity index (χ1n) is 7.03. The van der Waals surface area contributed by atoms with Gasteiger partial charge in [0, 0.05) is 29.8 Å². The summed E-state index contributed by atoms with van der Waals surface area (Å²) in [5, 5.41) is 3.28. The van der Waals surface area contributed by atoms with Crippen molar-refractivity contribution >= 4 is 15.9 Å². The fraction of sp³-hybridized carbons (Fsp3) is 0.600. The number of hydrogen-bond acceptors (Lipinski definition) is 2. The Morgan fingerprint density at radius 1 is 1.47 bits per heavy atom. The van der Waals surface area contributed by atoms with Gasteiger partial charge in [0.15, 0.2) is 0 Å². The molecule has 4 heteroatoms. The van der Waals surface area contributed by atoms with Gasteiger partial charge in [-0.25, -0.2) is 4.39 Å². The number of halogens is 2. The summed E-state index contributed by atoms with van der Waals surface area (Å²) in [6, 6.07) is 4.09. The van der Waals surface area contributed by atoms with Crippen molar-refractivity contribution in [1.29, 1.82) is 0 Å². The van der Waals surface area contributed by atoms with Crippen LogP contribution >= 0.6 is 15.9 Å². The smallest absolute Gasteiger partial charge is 0.125 e. The zero-order chi connectivity index (χ0) is 13.2. The normalized spacial score (nSPS) is 23.8. The molecule has 0 radical (unpaired) electrons. The highest BCUT2D eigenvalue weighted by atomic mass is 79.9. The number of fused-ring (bicyclic) bond motifs is 1. The highest BCUT2D eigenvalue weighted by Crippen LogP contribution is 2.35. The van der Waals surface area contributed by atoms with E-state index in [1.807, 2.05) is 6.07 Å². The van der Waals surface area contributed by atoms with E-state index >= 15 is 0 Å². The van der Waals surface area contributed by atoms with Crippen molar-refractivity contribution in [1.82, 2.24) is 5.32 Å². The van der Waals surface area contributed by atoms with Gasteiger partial charge < -0.3 is 10.1 Å². The van der Waals surface area contributed by atoms with Crippen LogP contribution in [0.5, 0.6) is 5.75 Å². The van der Waals surface area contributed by atoms with Gasteiger partial charge in [0.05, 0.1) is 6.61 Å². The number of benzene rings is 1. The van der Waals surface area contributed by atoms with E-state index in [9.17, 15) is 4.39 Å². The van der Waals surface area contributed by atoms with Crippen molar-refractivity contribution in [3.8, 4) is 5.75 Å². The quantitative estimate of drug-likeness (QED) is 0.920. The van der Waals surface area contributed by atoms with Crippen molar-refractivity contribution in [3.05, 3.63) is 27.7 Å². The molecule has 3 rings (SSSR count). The molecular weight excluding hydrogens is 309 g/mol. The van der Waals surface area contributed by atoms with Crippen LogP contribution in [0.2, 0.25) is 0 Å². The molecule has 0 amide bonds. The average molecular weight is 328 g/mol. The molecule has 2 atom stereocenters. The van der Waals surface area contributed by atoms with Crippen molar-refractivity contribution in [2.45, 2.75) is 31.9 Å². The van der Waals surface area contributed by atoms with Crippen LogP contribution in [0, 0.1) is 5.92 Å². The molecule has 0 bridgehead atoms. The first-order chi connectivity index (χ1) is 9.24. The summed E-state index contributed by atoms with van der Waals surface area (Å²) in [4.78, 5) is 0. The highest BCUT2D eigenvalue weighted by molar-refractivity contribution is 9.10. The minimum Gasteiger partial charge on any atom is -0.493 e. The van der Waals surface area contributed by atoms with Crippen LogP contribution in [0.1, 0.15) is 24.0 Å². The molecule has 2 nitrogen and oxygen atoms in total. The maximum absolute atomic E-state index is 14.5. The number of alkyl halides is 1. The summed E-state index contributed by atoms with van der Waals surface area (Å²) in [5.41, 5.74) is 2.22. The zero-order valence-electron chi connectivity index (χ0n) is 10.9. The summed E-state index contributed by atoms with van der Waals surface area (Å²) >= 11 is 3.51. The Kier molecular flexibility index (Phi) is 4.08. The number of rotatable bonds is 3. The van der Waals surface area contributed by atoms with E-state index in [2.05, 4.69) is 27.3 Å². The molecule has 0 spiro atoms. The fourth-order valence-corrected chi connectivity index (χ4v) is 3.61. The first kappa shape index (κ1) is 13.4. The largest absolute Gasteiger partial charge is 0.493 e. The summed E-state index contributed by atoms with van der Waals surface area (Å²) in [5.74, 6) is 1.07. The van der Waals surface area contributed by atoms with E-state index in [0.717, 1.165) is 54.7 Å². The van der Waals surface area contributed by atoms with Gasteiger partial charge in [0.25, 0.3) is 0 Å². The molecule has 0 saturated carbocycles. The van der Waals surface area contributed by atoms with Gasteiger partial charge in [-0.3, -0.25) is 0 Å². The first-order valence-corrected chi connectivity index (χ1v) is 7.82. The van der Waals surface area contributed by atoms with Crippen molar-refractivity contribution in [2.75, 3.05) is 19.7 Å². The van der Waals surface area contributed by atoms with Gasteiger partial charge in [0.2, 0.25) is 0 Å². The van der Waals surface area contributed by atoms with Crippen molar-refractivity contribution < 1.29 is 9.13 Å². The third kappa shape index (κ3) is 2.95. The molecule has 2 unspecified atom stereocenters. The number of nitrogens with one attached hydrogen (secondary N) is 1. The monoisotopic (exact) mass is 327 g/mol. The zero-order valence-corrected chi connectivity index (χ0v) is 12.5. The van der Waals surface area contributed by atoms with Gasteiger partial charge >= 0.3 is 0 Å². The summed E-state index contributed by atoms with van der Waals surface area (Å²) in [6.45, 7) is 2.55. The number of ether oxygens (including phenoxy) is 1. The molecule has 0 aromatic heterocycles. The Morgan fingerprint density at radius 2 is 2.37 bits per heavy atom. The molecule has 1 N–H and O–H groups in total. The Bertz CT molecular complexity index is 460. The summed E-state index contributed by atoms with van der Waals surface area (Å²) in [6.07, 6.45) is 2.69. The second-order valence-electron chi connectivity index (χ2n) is 5.48. The molecule has 1 aromatic rings. The highest BCUT2D eigenvalue weighted by Gasteiger charge is 2.26. The second kappa shape index (κ2) is 5.80. The lowest BCUT2D eigenvalue weighted by Crippen LogP contribution is -2.35. The van der Waals surface area contributed by atoms with E-state index < -0.39 is 6.17 Å². The topological polar surface area (TPSA) is 21.3 Å². The lowest BCUT2D eigenvalue weighted by Gasteiger charge is -2.26. The van der Waals surface area contributed by atoms with Crippen LogP contribution in [0.25, 0.3) is 0 Å². The minimum absolute atomic E-state index is 0.143. The third-order valence-electron chi connectivity index (χ3n) is 4.09. The standard InChI is InChI=1S/C15H19BrFNO/c16-13-6-10-3-5-19-15(10)12(7-13)8-14(17)11-2-1-4-18-9-11/h6-7,11,14,18H,1-5,8-9H2. The molecule has 0 aliphatic carbocycles. The molecule has 1 aromatic carbocycles. The fourth-order valence-electron chi connectivity index (χ4n) is 3.06. The van der Waals surface area contributed by atoms with Crippen LogP contribution in [-0.2, 0) is 12.8 Å². The molecule has 2 aliphatic rings. The van der Waals surface area contributed by atoms with Gasteiger partial charge in [-0.15, -0.1) is 0 Å². The van der Waals surface area contributed by atoms with Gasteiger partial charge in [-0.1, -0.05) is 15.9 Å². The predicted octanol–water partition coefficient (Wildman–Crippen LogP) is 3.26. The lowest BCUT2D eigenvalue weighted by atomic mass is 9.90. The van der Waals surface area contributed by atoms with Crippen LogP contribution < -0.4 is 10.1 Å². The van der Waals surface area contributed by atoms with E-state index in [0.29, 0.717) is 6.42 Å². The van der Waals surface area contributed by atoms with Crippen LogP contribution in [0.3, 0.4) is 0 Å². The lowest BCUT2D eigenvalue weighted by molar-refractivity contribution is 0.190.